The summed E-state index contributed by atoms with van der Waals surface area (Å²) in [5, 5.41) is 1.08. The molecule has 0 bridgehead atoms. The van der Waals surface area contributed by atoms with Crippen molar-refractivity contribution in [3.63, 3.8) is 0 Å². The maximum absolute atomic E-state index is 5.54. The molecule has 0 aliphatic carbocycles. The Balaban J connectivity index is 1.85. The molecule has 1 fully saturated rings. The number of rotatable bonds is 5. The van der Waals surface area contributed by atoms with Gasteiger partial charge in [0.1, 0.15) is 5.82 Å². The topological polar surface area (TPSA) is 58.3 Å². The van der Waals surface area contributed by atoms with Gasteiger partial charge in [-0.15, -0.1) is 0 Å². The zero-order valence-corrected chi connectivity index (χ0v) is 12.1. The maximum Gasteiger partial charge on any atom is 0.205 e. The van der Waals surface area contributed by atoms with Gasteiger partial charge in [-0.1, -0.05) is 13.8 Å². The molecular weight excluding hydrogens is 246 g/mol. The Morgan fingerprint density at radius 1 is 1.28 bits per heavy atom. The smallest absolute Gasteiger partial charge is 0.205 e. The maximum atomic E-state index is 5.54. The van der Waals surface area contributed by atoms with E-state index >= 15 is 0 Å². The summed E-state index contributed by atoms with van der Waals surface area (Å²) >= 11 is 1.53. The average Bonchev–Trinajstić information content (AvgIpc) is 2.87. The SMILES string of the molecule is CC(C)c1nsc(N2CCN(CCCN)CC2)n1. The molecule has 0 unspecified atom stereocenters. The van der Waals surface area contributed by atoms with E-state index in [4.69, 9.17) is 5.73 Å². The van der Waals surface area contributed by atoms with Crippen LogP contribution in [0.2, 0.25) is 0 Å². The summed E-state index contributed by atoms with van der Waals surface area (Å²) in [4.78, 5) is 9.45. The monoisotopic (exact) mass is 269 g/mol. The quantitative estimate of drug-likeness (QED) is 0.868. The summed E-state index contributed by atoms with van der Waals surface area (Å²) in [6, 6.07) is 0. The van der Waals surface area contributed by atoms with Crippen LogP contribution in [0.1, 0.15) is 32.0 Å². The van der Waals surface area contributed by atoms with Gasteiger partial charge in [0.15, 0.2) is 0 Å². The van der Waals surface area contributed by atoms with E-state index in [0.717, 1.165) is 56.6 Å². The fourth-order valence-electron chi connectivity index (χ4n) is 2.07. The first kappa shape index (κ1) is 13.7. The Hall–Kier alpha value is -0.720. The predicted octanol–water partition coefficient (Wildman–Crippen LogP) is 1.13. The van der Waals surface area contributed by atoms with Crippen LogP contribution in [0.15, 0.2) is 0 Å². The summed E-state index contributed by atoms with van der Waals surface area (Å²) in [5.74, 6) is 1.39. The minimum atomic E-state index is 0.417. The van der Waals surface area contributed by atoms with Gasteiger partial charge in [0.25, 0.3) is 0 Å². The van der Waals surface area contributed by atoms with Gasteiger partial charge in [-0.25, -0.2) is 4.98 Å². The van der Waals surface area contributed by atoms with Gasteiger partial charge < -0.3 is 10.6 Å². The highest BCUT2D eigenvalue weighted by Crippen LogP contribution is 2.22. The first-order valence-corrected chi connectivity index (χ1v) is 7.49. The third-order valence-corrected chi connectivity index (χ3v) is 4.06. The molecule has 1 saturated heterocycles. The van der Waals surface area contributed by atoms with E-state index in [9.17, 15) is 0 Å². The first-order valence-electron chi connectivity index (χ1n) is 6.71. The van der Waals surface area contributed by atoms with Gasteiger partial charge in [0.05, 0.1) is 0 Å². The number of nitrogens with two attached hydrogens (primary N) is 1. The average molecular weight is 269 g/mol. The summed E-state index contributed by atoms with van der Waals surface area (Å²) in [5.41, 5.74) is 5.54. The number of anilines is 1. The van der Waals surface area contributed by atoms with Gasteiger partial charge in [-0.2, -0.15) is 4.37 Å². The lowest BCUT2D eigenvalue weighted by atomic mass is 10.2. The normalized spacial score (nSPS) is 17.7. The summed E-state index contributed by atoms with van der Waals surface area (Å²) < 4.78 is 4.42. The Kier molecular flexibility index (Phi) is 4.91. The van der Waals surface area contributed by atoms with Crippen LogP contribution in [0, 0.1) is 0 Å². The number of aromatic nitrogens is 2. The molecule has 0 atom stereocenters. The van der Waals surface area contributed by atoms with Crippen LogP contribution in [0.25, 0.3) is 0 Å². The highest BCUT2D eigenvalue weighted by Gasteiger charge is 2.20. The van der Waals surface area contributed by atoms with Crippen LogP contribution in [0.3, 0.4) is 0 Å². The van der Waals surface area contributed by atoms with Crippen molar-refractivity contribution >= 4 is 16.7 Å². The molecule has 102 valence electrons. The lowest BCUT2D eigenvalue weighted by Crippen LogP contribution is -2.46. The van der Waals surface area contributed by atoms with Crippen molar-refractivity contribution in [2.24, 2.45) is 5.73 Å². The molecule has 2 rings (SSSR count). The highest BCUT2D eigenvalue weighted by molar-refractivity contribution is 7.09. The lowest BCUT2D eigenvalue weighted by Gasteiger charge is -2.34. The molecule has 0 saturated carbocycles. The van der Waals surface area contributed by atoms with Crippen LogP contribution in [0.4, 0.5) is 5.13 Å². The van der Waals surface area contributed by atoms with Gasteiger partial charge in [-0.3, -0.25) is 4.90 Å². The molecule has 1 aliphatic rings. The molecule has 1 aliphatic heterocycles. The zero-order chi connectivity index (χ0) is 13.0. The number of hydrogen-bond donors (Lipinski definition) is 1. The van der Waals surface area contributed by atoms with Gasteiger partial charge >= 0.3 is 0 Å². The summed E-state index contributed by atoms with van der Waals surface area (Å²) in [6.07, 6.45) is 1.09. The van der Waals surface area contributed by atoms with E-state index in [-0.39, 0.29) is 0 Å². The van der Waals surface area contributed by atoms with Crippen LogP contribution in [-0.2, 0) is 0 Å². The van der Waals surface area contributed by atoms with E-state index in [1.807, 2.05) is 0 Å². The first-order chi connectivity index (χ1) is 8.70. The van der Waals surface area contributed by atoms with E-state index in [2.05, 4.69) is 33.0 Å². The molecule has 0 spiro atoms. The summed E-state index contributed by atoms with van der Waals surface area (Å²) in [6.45, 7) is 10.5. The van der Waals surface area contributed by atoms with Gasteiger partial charge in [-0.05, 0) is 19.5 Å². The Morgan fingerprint density at radius 3 is 2.56 bits per heavy atom. The molecule has 2 heterocycles. The number of hydrogen-bond acceptors (Lipinski definition) is 6. The minimum absolute atomic E-state index is 0.417. The third-order valence-electron chi connectivity index (χ3n) is 3.27. The second kappa shape index (κ2) is 6.45. The molecule has 0 amide bonds. The van der Waals surface area contributed by atoms with Crippen molar-refractivity contribution in [3.8, 4) is 0 Å². The van der Waals surface area contributed by atoms with Crippen LogP contribution >= 0.6 is 11.5 Å². The Bertz CT molecular complexity index is 357. The molecule has 6 heteroatoms. The summed E-state index contributed by atoms with van der Waals surface area (Å²) in [7, 11) is 0. The van der Waals surface area contributed by atoms with E-state index < -0.39 is 0 Å². The van der Waals surface area contributed by atoms with Crippen molar-refractivity contribution < 1.29 is 0 Å². The van der Waals surface area contributed by atoms with Crippen molar-refractivity contribution in [3.05, 3.63) is 5.82 Å². The van der Waals surface area contributed by atoms with E-state index in [0.29, 0.717) is 5.92 Å². The van der Waals surface area contributed by atoms with Gasteiger partial charge in [0, 0.05) is 43.6 Å². The highest BCUT2D eigenvalue weighted by atomic mass is 32.1. The second-order valence-electron chi connectivity index (χ2n) is 5.06. The molecular formula is C12H23N5S. The minimum Gasteiger partial charge on any atom is -0.344 e. The Labute approximate surface area is 113 Å². The number of nitrogens with zero attached hydrogens (tertiary/aromatic N) is 4. The molecule has 18 heavy (non-hydrogen) atoms. The van der Waals surface area contributed by atoms with Crippen LogP contribution in [0.5, 0.6) is 0 Å². The van der Waals surface area contributed by atoms with Crippen molar-refractivity contribution in [1.29, 1.82) is 0 Å². The molecule has 0 radical (unpaired) electrons. The molecule has 1 aromatic heterocycles. The van der Waals surface area contributed by atoms with Crippen molar-refractivity contribution in [1.82, 2.24) is 14.3 Å². The zero-order valence-electron chi connectivity index (χ0n) is 11.3. The predicted molar refractivity (Wildman–Crippen MR) is 76.3 cm³/mol. The fraction of sp³-hybridized carbons (Fsp3) is 0.833. The van der Waals surface area contributed by atoms with Crippen molar-refractivity contribution in [2.75, 3.05) is 44.2 Å². The molecule has 0 aromatic carbocycles. The number of piperazine rings is 1. The largest absolute Gasteiger partial charge is 0.344 e. The standard InChI is InChI=1S/C12H23N5S/c1-10(2)11-14-12(18-15-11)17-8-6-16(7-9-17)5-3-4-13/h10H,3-9,13H2,1-2H3. The van der Waals surface area contributed by atoms with Crippen LogP contribution < -0.4 is 10.6 Å². The molecule has 5 nitrogen and oxygen atoms in total. The second-order valence-corrected chi connectivity index (χ2v) is 5.79. The van der Waals surface area contributed by atoms with E-state index in [1.54, 1.807) is 0 Å². The van der Waals surface area contributed by atoms with Crippen molar-refractivity contribution in [2.45, 2.75) is 26.2 Å². The molecule has 2 N–H and O–H groups in total. The fourth-order valence-corrected chi connectivity index (χ4v) is 2.93. The molecule has 1 aromatic rings. The van der Waals surface area contributed by atoms with Crippen LogP contribution in [-0.4, -0.2) is 53.5 Å². The lowest BCUT2D eigenvalue weighted by molar-refractivity contribution is 0.256. The van der Waals surface area contributed by atoms with E-state index in [1.165, 1.54) is 11.5 Å². The Morgan fingerprint density at radius 2 is 2.00 bits per heavy atom. The third kappa shape index (κ3) is 3.40. The van der Waals surface area contributed by atoms with Gasteiger partial charge in [0.2, 0.25) is 5.13 Å².